The largest absolute Gasteiger partial charge is 0.456 e. The van der Waals surface area contributed by atoms with Gasteiger partial charge in [-0.05, 0) is 83.9 Å². The molecule has 0 aliphatic carbocycles. The van der Waals surface area contributed by atoms with Crippen LogP contribution in [0, 0.1) is 0 Å². The van der Waals surface area contributed by atoms with E-state index in [4.69, 9.17) is 23.8 Å². The normalized spacial score (nSPS) is 11.9. The highest BCUT2D eigenvalue weighted by atomic mass is 16.3. The Morgan fingerprint density at radius 1 is 0.298 bits per heavy atom. The first-order chi connectivity index (χ1) is 28.2. The summed E-state index contributed by atoms with van der Waals surface area (Å²) in [5, 5.41) is 6.63. The molecule has 0 radical (unpaired) electrons. The van der Waals surface area contributed by atoms with E-state index < -0.39 is 0 Å². The second kappa shape index (κ2) is 12.3. The zero-order valence-electron chi connectivity index (χ0n) is 30.4. The van der Waals surface area contributed by atoms with Gasteiger partial charge in [0.25, 0.3) is 0 Å². The van der Waals surface area contributed by atoms with Crippen molar-refractivity contribution >= 4 is 65.7 Å². The van der Waals surface area contributed by atoms with Gasteiger partial charge in [-0.25, -0.2) is 15.0 Å². The summed E-state index contributed by atoms with van der Waals surface area (Å²) in [5.41, 5.74) is 11.6. The lowest BCUT2D eigenvalue weighted by molar-refractivity contribution is 0.668. The minimum atomic E-state index is 0.575. The summed E-state index contributed by atoms with van der Waals surface area (Å²) < 4.78 is 15.1. The highest BCUT2D eigenvalue weighted by Gasteiger charge is 2.18. The molecule has 0 aliphatic heterocycles. The van der Waals surface area contributed by atoms with Gasteiger partial charge >= 0.3 is 0 Å². The SMILES string of the molecule is c1ccc(-c2nc(-c3ccc4c(c3)oc3ccccc34)nc(-c3ccc4oc5cc(-c6ccc7c8ccccc8n(-c8ccccc8)c7c6)ccc5c4c3)n2)cc1. The predicted molar refractivity (Wildman–Crippen MR) is 230 cm³/mol. The van der Waals surface area contributed by atoms with Crippen LogP contribution in [0.15, 0.2) is 191 Å². The Kier molecular flexibility index (Phi) is 6.83. The van der Waals surface area contributed by atoms with E-state index in [0.29, 0.717) is 17.5 Å². The van der Waals surface area contributed by atoms with Gasteiger partial charge in [0.1, 0.15) is 22.3 Å². The van der Waals surface area contributed by atoms with Crippen molar-refractivity contribution in [1.82, 2.24) is 19.5 Å². The molecule has 0 saturated heterocycles. The Bertz CT molecular complexity index is 3530. The monoisotopic (exact) mass is 730 g/mol. The lowest BCUT2D eigenvalue weighted by Gasteiger charge is -2.09. The van der Waals surface area contributed by atoms with Crippen LogP contribution in [-0.4, -0.2) is 19.5 Å². The van der Waals surface area contributed by atoms with E-state index in [1.807, 2.05) is 66.7 Å². The standard InChI is InChI=1S/C51H30N4O2/c1-3-11-31(12-4-1)49-52-50(54-51(53-49)35-21-25-40-39-16-8-10-18-45(39)56-48(40)30-35)34-22-26-46-42(27-34)41-24-20-33(29-47(41)57-46)32-19-23-38-37-15-7-9-17-43(37)55(44(38)28-32)36-13-5-2-6-14-36/h1-30H. The van der Waals surface area contributed by atoms with Crippen LogP contribution < -0.4 is 0 Å². The zero-order chi connectivity index (χ0) is 37.5. The third-order valence-electron chi connectivity index (χ3n) is 11.1. The van der Waals surface area contributed by atoms with Gasteiger partial charge in [-0.15, -0.1) is 0 Å². The van der Waals surface area contributed by atoms with Crippen molar-refractivity contribution in [3.8, 4) is 51.0 Å². The van der Waals surface area contributed by atoms with E-state index in [0.717, 1.165) is 77.4 Å². The van der Waals surface area contributed by atoms with Crippen LogP contribution >= 0.6 is 0 Å². The lowest BCUT2D eigenvalue weighted by atomic mass is 10.0. The second-order valence-corrected chi connectivity index (χ2v) is 14.4. The number of rotatable bonds is 5. The quantitative estimate of drug-likeness (QED) is 0.176. The van der Waals surface area contributed by atoms with Gasteiger partial charge in [0.15, 0.2) is 17.5 Å². The summed E-state index contributed by atoms with van der Waals surface area (Å²) in [6, 6.07) is 62.8. The molecule has 0 fully saturated rings. The molecule has 0 amide bonds. The van der Waals surface area contributed by atoms with Gasteiger partial charge in [0.05, 0.1) is 11.0 Å². The Balaban J connectivity index is 0.967. The van der Waals surface area contributed by atoms with E-state index in [1.54, 1.807) is 0 Å². The van der Waals surface area contributed by atoms with Crippen LogP contribution in [-0.2, 0) is 0 Å². The molecule has 0 N–H and O–H groups in total. The van der Waals surface area contributed by atoms with Crippen LogP contribution in [0.4, 0.5) is 0 Å². The highest BCUT2D eigenvalue weighted by molar-refractivity contribution is 6.11. The molecule has 6 heteroatoms. The van der Waals surface area contributed by atoms with E-state index in [9.17, 15) is 0 Å². The first-order valence-corrected chi connectivity index (χ1v) is 19.0. The van der Waals surface area contributed by atoms with E-state index in [2.05, 4.69) is 120 Å². The molecule has 4 aromatic heterocycles. The van der Waals surface area contributed by atoms with Gasteiger partial charge in [-0.3, -0.25) is 0 Å². The fraction of sp³-hybridized carbons (Fsp3) is 0. The fourth-order valence-corrected chi connectivity index (χ4v) is 8.32. The molecule has 6 nitrogen and oxygen atoms in total. The molecule has 0 aliphatic rings. The molecule has 12 rings (SSSR count). The summed E-state index contributed by atoms with van der Waals surface area (Å²) in [6.07, 6.45) is 0. The molecule has 0 spiro atoms. The minimum Gasteiger partial charge on any atom is -0.456 e. The van der Waals surface area contributed by atoms with Crippen molar-refractivity contribution < 1.29 is 8.83 Å². The molecule has 8 aromatic carbocycles. The maximum Gasteiger partial charge on any atom is 0.164 e. The molecule has 0 unspecified atom stereocenters. The van der Waals surface area contributed by atoms with Gasteiger partial charge in [0, 0.05) is 54.7 Å². The third-order valence-corrected chi connectivity index (χ3v) is 11.1. The van der Waals surface area contributed by atoms with Gasteiger partial charge < -0.3 is 13.4 Å². The van der Waals surface area contributed by atoms with Gasteiger partial charge in [0.2, 0.25) is 0 Å². The van der Waals surface area contributed by atoms with Crippen molar-refractivity contribution in [1.29, 1.82) is 0 Å². The summed E-state index contributed by atoms with van der Waals surface area (Å²) in [4.78, 5) is 15.0. The van der Waals surface area contributed by atoms with Crippen molar-refractivity contribution in [3.63, 3.8) is 0 Å². The smallest absolute Gasteiger partial charge is 0.164 e. The highest BCUT2D eigenvalue weighted by Crippen LogP contribution is 2.38. The minimum absolute atomic E-state index is 0.575. The molecule has 4 heterocycles. The first-order valence-electron chi connectivity index (χ1n) is 19.0. The molecule has 0 bridgehead atoms. The molecule has 0 atom stereocenters. The van der Waals surface area contributed by atoms with Crippen LogP contribution in [0.2, 0.25) is 0 Å². The van der Waals surface area contributed by atoms with Crippen molar-refractivity contribution in [2.45, 2.75) is 0 Å². The maximum atomic E-state index is 6.52. The number of hydrogen-bond donors (Lipinski definition) is 0. The van der Waals surface area contributed by atoms with Crippen molar-refractivity contribution in [3.05, 3.63) is 182 Å². The predicted octanol–water partition coefficient (Wildman–Crippen LogP) is 13.4. The van der Waals surface area contributed by atoms with Crippen LogP contribution in [0.3, 0.4) is 0 Å². The first kappa shape index (κ1) is 31.5. The molecule has 12 aromatic rings. The van der Waals surface area contributed by atoms with Crippen LogP contribution in [0.1, 0.15) is 0 Å². The zero-order valence-corrected chi connectivity index (χ0v) is 30.4. The van der Waals surface area contributed by atoms with E-state index in [1.165, 1.54) is 21.8 Å². The average molecular weight is 731 g/mol. The Labute approximate surface area is 325 Å². The van der Waals surface area contributed by atoms with Crippen LogP contribution in [0.5, 0.6) is 0 Å². The molecular weight excluding hydrogens is 701 g/mol. The Hall–Kier alpha value is -7.83. The Morgan fingerprint density at radius 2 is 0.789 bits per heavy atom. The fourth-order valence-electron chi connectivity index (χ4n) is 8.32. The number of furan rings is 2. The molecule has 0 saturated carbocycles. The molecule has 266 valence electrons. The lowest BCUT2D eigenvalue weighted by Crippen LogP contribution is -2.00. The molecular formula is C51H30N4O2. The van der Waals surface area contributed by atoms with Gasteiger partial charge in [-0.2, -0.15) is 0 Å². The summed E-state index contributed by atoms with van der Waals surface area (Å²) in [5.74, 6) is 1.76. The Morgan fingerprint density at radius 3 is 1.56 bits per heavy atom. The number of fused-ring (bicyclic) bond motifs is 9. The second-order valence-electron chi connectivity index (χ2n) is 14.4. The number of hydrogen-bond acceptors (Lipinski definition) is 5. The van der Waals surface area contributed by atoms with Crippen molar-refractivity contribution in [2.24, 2.45) is 0 Å². The number of benzene rings is 8. The number of nitrogens with zero attached hydrogens (tertiary/aromatic N) is 4. The number of aromatic nitrogens is 4. The summed E-state index contributed by atoms with van der Waals surface area (Å²) >= 11 is 0. The number of para-hydroxylation sites is 3. The van der Waals surface area contributed by atoms with Crippen LogP contribution in [0.25, 0.3) is 117 Å². The topological polar surface area (TPSA) is 69.9 Å². The van der Waals surface area contributed by atoms with Crippen molar-refractivity contribution in [2.75, 3.05) is 0 Å². The average Bonchev–Trinajstić information content (AvgIpc) is 3.95. The van der Waals surface area contributed by atoms with E-state index in [-0.39, 0.29) is 0 Å². The van der Waals surface area contributed by atoms with E-state index >= 15 is 0 Å². The third kappa shape index (κ3) is 5.08. The summed E-state index contributed by atoms with van der Waals surface area (Å²) in [6.45, 7) is 0. The maximum absolute atomic E-state index is 6.52. The summed E-state index contributed by atoms with van der Waals surface area (Å²) in [7, 11) is 0. The molecule has 57 heavy (non-hydrogen) atoms. The van der Waals surface area contributed by atoms with Gasteiger partial charge in [-0.1, -0.05) is 109 Å².